The van der Waals surface area contributed by atoms with Gasteiger partial charge in [-0.3, -0.25) is 0 Å². The van der Waals surface area contributed by atoms with Crippen molar-refractivity contribution in [1.29, 1.82) is 0 Å². The molecular weight excluding hydrogens is 284 g/mol. The standard InChI is InChI=1S/C10H14N6OS2/c1-4-5-11-7-13-8(17-3)15-9(14-7)18-10-12-6(2)16-19-10/h4-5H2,1-3H3,(H,11,13,14,15). The first-order chi connectivity index (χ1) is 9.21. The van der Waals surface area contributed by atoms with Crippen molar-refractivity contribution in [2.24, 2.45) is 0 Å². The lowest BCUT2D eigenvalue weighted by Gasteiger charge is -2.05. The van der Waals surface area contributed by atoms with E-state index in [9.17, 15) is 0 Å². The Bertz CT molecular complexity index is 547. The molecule has 0 bridgehead atoms. The fraction of sp³-hybridized carbons (Fsp3) is 0.500. The van der Waals surface area contributed by atoms with Gasteiger partial charge in [-0.05, 0) is 36.6 Å². The summed E-state index contributed by atoms with van der Waals surface area (Å²) in [5.41, 5.74) is 0. The largest absolute Gasteiger partial charge is 0.467 e. The monoisotopic (exact) mass is 298 g/mol. The number of methoxy groups -OCH3 is 1. The summed E-state index contributed by atoms with van der Waals surface area (Å²) in [5.74, 6) is 1.26. The summed E-state index contributed by atoms with van der Waals surface area (Å²) in [6.45, 7) is 4.73. The number of aromatic nitrogens is 5. The number of hydrogen-bond donors (Lipinski definition) is 1. The van der Waals surface area contributed by atoms with Crippen molar-refractivity contribution in [1.82, 2.24) is 24.3 Å². The quantitative estimate of drug-likeness (QED) is 0.866. The van der Waals surface area contributed by atoms with Gasteiger partial charge in [0.2, 0.25) is 11.1 Å². The van der Waals surface area contributed by atoms with E-state index in [4.69, 9.17) is 4.74 Å². The fourth-order valence-corrected chi connectivity index (χ4v) is 2.69. The van der Waals surface area contributed by atoms with Crippen LogP contribution in [0.3, 0.4) is 0 Å². The number of nitrogens with zero attached hydrogens (tertiary/aromatic N) is 5. The molecule has 102 valence electrons. The van der Waals surface area contributed by atoms with Crippen LogP contribution in [0.5, 0.6) is 6.01 Å². The molecule has 0 aromatic carbocycles. The lowest BCUT2D eigenvalue weighted by Crippen LogP contribution is -2.07. The summed E-state index contributed by atoms with van der Waals surface area (Å²) < 4.78 is 9.99. The van der Waals surface area contributed by atoms with Crippen molar-refractivity contribution in [2.45, 2.75) is 29.8 Å². The SMILES string of the molecule is CCCNc1nc(OC)nc(Sc2nc(C)ns2)n1. The second-order valence-electron chi connectivity index (χ2n) is 3.56. The summed E-state index contributed by atoms with van der Waals surface area (Å²) in [6.07, 6.45) is 0.992. The van der Waals surface area contributed by atoms with E-state index >= 15 is 0 Å². The van der Waals surface area contributed by atoms with Gasteiger partial charge in [-0.25, -0.2) is 4.98 Å². The van der Waals surface area contributed by atoms with Crippen molar-refractivity contribution >= 4 is 29.2 Å². The Labute approximate surface area is 119 Å². The number of anilines is 1. The Balaban J connectivity index is 2.18. The molecule has 2 aromatic heterocycles. The summed E-state index contributed by atoms with van der Waals surface area (Å²) in [5, 5.41) is 3.66. The van der Waals surface area contributed by atoms with E-state index in [0.29, 0.717) is 11.1 Å². The maximum Gasteiger partial charge on any atom is 0.321 e. The van der Waals surface area contributed by atoms with Gasteiger partial charge < -0.3 is 10.1 Å². The number of hydrogen-bond acceptors (Lipinski definition) is 9. The predicted molar refractivity (Wildman–Crippen MR) is 73.9 cm³/mol. The van der Waals surface area contributed by atoms with Crippen molar-refractivity contribution in [3.8, 4) is 6.01 Å². The maximum absolute atomic E-state index is 5.07. The van der Waals surface area contributed by atoms with E-state index in [1.807, 2.05) is 6.92 Å². The highest BCUT2D eigenvalue weighted by Crippen LogP contribution is 2.27. The summed E-state index contributed by atoms with van der Waals surface area (Å²) in [4.78, 5) is 16.9. The number of ether oxygens (including phenoxy) is 1. The first-order valence-electron chi connectivity index (χ1n) is 5.73. The number of rotatable bonds is 6. The molecule has 0 spiro atoms. The molecule has 0 fully saturated rings. The van der Waals surface area contributed by atoms with Gasteiger partial charge in [-0.2, -0.15) is 19.3 Å². The minimum absolute atomic E-state index is 0.289. The minimum atomic E-state index is 0.289. The zero-order valence-corrected chi connectivity index (χ0v) is 12.5. The van der Waals surface area contributed by atoms with Crippen LogP contribution in [0, 0.1) is 6.92 Å². The Morgan fingerprint density at radius 1 is 1.26 bits per heavy atom. The van der Waals surface area contributed by atoms with Gasteiger partial charge in [0, 0.05) is 6.54 Å². The fourth-order valence-electron chi connectivity index (χ4n) is 1.19. The maximum atomic E-state index is 5.07. The molecule has 0 radical (unpaired) electrons. The van der Waals surface area contributed by atoms with Crippen LogP contribution < -0.4 is 10.1 Å². The van der Waals surface area contributed by atoms with Gasteiger partial charge in [0.1, 0.15) is 5.82 Å². The van der Waals surface area contributed by atoms with E-state index in [2.05, 4.69) is 36.5 Å². The smallest absolute Gasteiger partial charge is 0.321 e. The average Bonchev–Trinajstić information content (AvgIpc) is 2.81. The van der Waals surface area contributed by atoms with Crippen LogP contribution in [-0.4, -0.2) is 38.0 Å². The second-order valence-corrected chi connectivity index (χ2v) is 5.53. The first kappa shape index (κ1) is 13.9. The van der Waals surface area contributed by atoms with Crippen LogP contribution in [-0.2, 0) is 0 Å². The Hall–Kier alpha value is -1.48. The predicted octanol–water partition coefficient (Wildman–Crippen LogP) is 2.01. The Morgan fingerprint density at radius 2 is 2.11 bits per heavy atom. The molecule has 0 aliphatic rings. The van der Waals surface area contributed by atoms with Gasteiger partial charge >= 0.3 is 6.01 Å². The third kappa shape index (κ3) is 4.00. The molecule has 9 heteroatoms. The third-order valence-electron chi connectivity index (χ3n) is 2.00. The third-order valence-corrected chi connectivity index (χ3v) is 3.71. The minimum Gasteiger partial charge on any atom is -0.467 e. The molecule has 0 saturated carbocycles. The number of nitrogens with one attached hydrogen (secondary N) is 1. The van der Waals surface area contributed by atoms with E-state index in [1.54, 1.807) is 0 Å². The van der Waals surface area contributed by atoms with E-state index < -0.39 is 0 Å². The van der Waals surface area contributed by atoms with Crippen LogP contribution in [0.2, 0.25) is 0 Å². The van der Waals surface area contributed by atoms with Crippen molar-refractivity contribution in [3.05, 3.63) is 5.82 Å². The number of aryl methyl sites for hydroxylation is 1. The molecule has 0 aliphatic carbocycles. The molecule has 2 aromatic rings. The van der Waals surface area contributed by atoms with Gasteiger partial charge in [0.05, 0.1) is 7.11 Å². The Morgan fingerprint density at radius 3 is 2.74 bits per heavy atom. The highest BCUT2D eigenvalue weighted by atomic mass is 32.2. The molecule has 7 nitrogen and oxygen atoms in total. The topological polar surface area (TPSA) is 85.7 Å². The summed E-state index contributed by atoms with van der Waals surface area (Å²) in [7, 11) is 1.53. The normalized spacial score (nSPS) is 10.5. The van der Waals surface area contributed by atoms with Crippen molar-refractivity contribution in [3.63, 3.8) is 0 Å². The lowest BCUT2D eigenvalue weighted by molar-refractivity contribution is 0.373. The van der Waals surface area contributed by atoms with Crippen molar-refractivity contribution in [2.75, 3.05) is 19.0 Å². The molecule has 2 heterocycles. The van der Waals surface area contributed by atoms with Crippen LogP contribution in [0.25, 0.3) is 0 Å². The zero-order valence-electron chi connectivity index (χ0n) is 10.9. The van der Waals surface area contributed by atoms with Gasteiger partial charge in [0.25, 0.3) is 0 Å². The lowest BCUT2D eigenvalue weighted by atomic mass is 10.5. The van der Waals surface area contributed by atoms with Crippen LogP contribution in [0.15, 0.2) is 9.50 Å². The molecule has 19 heavy (non-hydrogen) atoms. The first-order valence-corrected chi connectivity index (χ1v) is 7.32. The van der Waals surface area contributed by atoms with Crippen LogP contribution in [0.1, 0.15) is 19.2 Å². The Kier molecular flexibility index (Phi) is 4.86. The van der Waals surface area contributed by atoms with Crippen molar-refractivity contribution < 1.29 is 4.74 Å². The molecule has 0 aliphatic heterocycles. The zero-order chi connectivity index (χ0) is 13.7. The highest BCUT2D eigenvalue weighted by molar-refractivity contribution is 8.00. The average molecular weight is 298 g/mol. The summed E-state index contributed by atoms with van der Waals surface area (Å²) >= 11 is 2.67. The second kappa shape index (κ2) is 6.62. The van der Waals surface area contributed by atoms with Gasteiger partial charge in [0.15, 0.2) is 4.34 Å². The van der Waals surface area contributed by atoms with E-state index in [-0.39, 0.29) is 6.01 Å². The van der Waals surface area contributed by atoms with Crippen LogP contribution >= 0.6 is 23.3 Å². The molecule has 0 unspecified atom stereocenters. The van der Waals surface area contributed by atoms with E-state index in [0.717, 1.165) is 23.1 Å². The van der Waals surface area contributed by atoms with Crippen LogP contribution in [0.4, 0.5) is 5.95 Å². The molecular formula is C10H14N6OS2. The molecule has 1 N–H and O–H groups in total. The molecule has 2 rings (SSSR count). The van der Waals surface area contributed by atoms with Gasteiger partial charge in [-0.15, -0.1) is 0 Å². The molecule has 0 atom stereocenters. The van der Waals surface area contributed by atoms with E-state index in [1.165, 1.54) is 30.4 Å². The summed E-state index contributed by atoms with van der Waals surface area (Å²) in [6, 6.07) is 0.289. The molecule has 0 saturated heterocycles. The van der Waals surface area contributed by atoms with Gasteiger partial charge in [-0.1, -0.05) is 6.92 Å². The molecule has 0 amide bonds. The highest BCUT2D eigenvalue weighted by Gasteiger charge is 2.10.